The highest BCUT2D eigenvalue weighted by molar-refractivity contribution is 9.10. The lowest BCUT2D eigenvalue weighted by Gasteiger charge is -2.16. The lowest BCUT2D eigenvalue weighted by atomic mass is 9.93. The first-order chi connectivity index (χ1) is 13.5. The minimum Gasteiger partial charge on any atom is -0.222 e. The van der Waals surface area contributed by atoms with Crippen molar-refractivity contribution in [1.82, 2.24) is 14.2 Å². The van der Waals surface area contributed by atoms with Gasteiger partial charge in [0.2, 0.25) is 0 Å². The second kappa shape index (κ2) is 7.33. The largest absolute Gasteiger partial charge is 0.284 e. The number of rotatable bonds is 4. The van der Waals surface area contributed by atoms with Crippen molar-refractivity contribution in [3.63, 3.8) is 0 Å². The quantitative estimate of drug-likeness (QED) is 0.439. The zero-order chi connectivity index (χ0) is 19.7. The molecule has 0 saturated carbocycles. The van der Waals surface area contributed by atoms with Crippen molar-refractivity contribution in [3.05, 3.63) is 89.4 Å². The monoisotopic (exact) mass is 453 g/mol. The molecule has 4 rings (SSSR count). The van der Waals surface area contributed by atoms with Crippen LogP contribution >= 0.6 is 15.9 Å². The van der Waals surface area contributed by atoms with E-state index in [0.29, 0.717) is 0 Å². The summed E-state index contributed by atoms with van der Waals surface area (Å²) in [5.74, 6) is 0. The second-order valence-electron chi connectivity index (χ2n) is 6.29. The minimum absolute atomic E-state index is 0.164. The Balaban J connectivity index is 2.02. The van der Waals surface area contributed by atoms with E-state index in [1.807, 2.05) is 61.5 Å². The molecule has 0 saturated heterocycles. The second-order valence-corrected chi connectivity index (χ2v) is 9.00. The van der Waals surface area contributed by atoms with E-state index in [1.165, 1.54) is 12.7 Å². The molecule has 0 amide bonds. The molecule has 0 fully saturated rings. The number of nitrogens with zero attached hydrogens (tertiary/aromatic N) is 3. The Hall–Kier alpha value is -2.77. The van der Waals surface area contributed by atoms with Gasteiger partial charge in [-0.1, -0.05) is 58.4 Å². The van der Waals surface area contributed by atoms with Gasteiger partial charge in [-0.3, -0.25) is 0 Å². The maximum atomic E-state index is 13.1. The van der Waals surface area contributed by atoms with Crippen LogP contribution in [0.1, 0.15) is 5.56 Å². The van der Waals surface area contributed by atoms with E-state index in [-0.39, 0.29) is 4.90 Å². The van der Waals surface area contributed by atoms with Gasteiger partial charge in [-0.05, 0) is 59.0 Å². The summed E-state index contributed by atoms with van der Waals surface area (Å²) in [4.78, 5) is 3.94. The van der Waals surface area contributed by atoms with Gasteiger partial charge in [-0.25, -0.2) is 4.98 Å². The summed E-state index contributed by atoms with van der Waals surface area (Å²) >= 11 is 3.50. The van der Waals surface area contributed by atoms with E-state index in [9.17, 15) is 8.42 Å². The van der Waals surface area contributed by atoms with Gasteiger partial charge in [-0.2, -0.15) is 8.42 Å². The zero-order valence-corrected chi connectivity index (χ0v) is 17.4. The van der Waals surface area contributed by atoms with Gasteiger partial charge in [0, 0.05) is 4.47 Å². The number of aromatic nitrogens is 3. The average Bonchev–Trinajstić information content (AvgIpc) is 3.24. The van der Waals surface area contributed by atoms with Crippen molar-refractivity contribution in [2.75, 3.05) is 0 Å². The molecule has 0 spiro atoms. The number of hydrogen-bond acceptors (Lipinski definition) is 4. The van der Waals surface area contributed by atoms with Crippen LogP contribution in [-0.2, 0) is 10.0 Å². The third-order valence-electron chi connectivity index (χ3n) is 4.54. The first kappa shape index (κ1) is 18.6. The van der Waals surface area contributed by atoms with Crippen molar-refractivity contribution < 1.29 is 8.42 Å². The van der Waals surface area contributed by atoms with Crippen LogP contribution in [0.4, 0.5) is 0 Å². The lowest BCUT2D eigenvalue weighted by molar-refractivity contribution is 0.580. The summed E-state index contributed by atoms with van der Waals surface area (Å²) in [6.45, 7) is 2.00. The normalized spacial score (nSPS) is 11.5. The van der Waals surface area contributed by atoms with Crippen LogP contribution in [0, 0.1) is 6.92 Å². The molecular weight excluding hydrogens is 438 g/mol. The Kier molecular flexibility index (Phi) is 4.87. The van der Waals surface area contributed by atoms with E-state index in [4.69, 9.17) is 0 Å². The zero-order valence-electron chi connectivity index (χ0n) is 14.9. The molecular formula is C21H16BrN3O2S. The van der Waals surface area contributed by atoms with Crippen LogP contribution in [0.3, 0.4) is 0 Å². The first-order valence-corrected chi connectivity index (χ1v) is 10.8. The van der Waals surface area contributed by atoms with Gasteiger partial charge in [-0.15, -0.1) is 9.19 Å². The van der Waals surface area contributed by atoms with Crippen LogP contribution in [0.25, 0.3) is 22.3 Å². The summed E-state index contributed by atoms with van der Waals surface area (Å²) in [5.41, 5.74) is 4.59. The number of hydrogen-bond donors (Lipinski definition) is 0. The SMILES string of the molecule is Cc1c(-c2ccccc2)cc(S(=O)(=O)n2cncn2)cc1-c1cccc(Br)c1. The van der Waals surface area contributed by atoms with Crippen molar-refractivity contribution in [2.45, 2.75) is 11.8 Å². The molecule has 140 valence electrons. The van der Waals surface area contributed by atoms with E-state index in [2.05, 4.69) is 26.0 Å². The summed E-state index contributed by atoms with van der Waals surface area (Å²) in [7, 11) is -3.85. The van der Waals surface area contributed by atoms with Crippen LogP contribution in [0.15, 0.2) is 88.8 Å². The number of benzene rings is 3. The summed E-state index contributed by atoms with van der Waals surface area (Å²) in [6, 6.07) is 21.0. The Bertz CT molecular complexity index is 1240. The Morgan fingerprint density at radius 3 is 2.21 bits per heavy atom. The van der Waals surface area contributed by atoms with Crippen LogP contribution in [0.2, 0.25) is 0 Å². The van der Waals surface area contributed by atoms with E-state index in [0.717, 1.165) is 36.4 Å². The number of halogens is 1. The van der Waals surface area contributed by atoms with Gasteiger partial charge in [0.05, 0.1) is 4.90 Å². The molecule has 0 atom stereocenters. The van der Waals surface area contributed by atoms with Gasteiger partial charge in [0.15, 0.2) is 0 Å². The predicted octanol–water partition coefficient (Wildman–Crippen LogP) is 4.92. The average molecular weight is 454 g/mol. The molecule has 0 N–H and O–H groups in total. The molecule has 0 radical (unpaired) electrons. The molecule has 1 heterocycles. The molecule has 0 aliphatic rings. The third kappa shape index (κ3) is 3.39. The van der Waals surface area contributed by atoms with Gasteiger partial charge in [0.25, 0.3) is 10.0 Å². The summed E-state index contributed by atoms with van der Waals surface area (Å²) in [6.07, 6.45) is 2.40. The minimum atomic E-state index is -3.85. The molecule has 4 aromatic rings. The highest BCUT2D eigenvalue weighted by atomic mass is 79.9. The van der Waals surface area contributed by atoms with Crippen LogP contribution < -0.4 is 0 Å². The van der Waals surface area contributed by atoms with E-state index < -0.39 is 10.0 Å². The molecule has 28 heavy (non-hydrogen) atoms. The fourth-order valence-corrected chi connectivity index (χ4v) is 4.63. The molecule has 1 aromatic heterocycles. The fourth-order valence-electron chi connectivity index (χ4n) is 3.14. The summed E-state index contributed by atoms with van der Waals surface area (Å²) in [5, 5.41) is 3.82. The first-order valence-electron chi connectivity index (χ1n) is 8.53. The standard InChI is InChI=1S/C21H16BrN3O2S/c1-15-20(16-6-3-2-4-7-16)11-19(28(26,27)25-14-23-13-24-25)12-21(15)17-8-5-9-18(22)10-17/h2-14H,1H3. The fraction of sp³-hybridized carbons (Fsp3) is 0.0476. The smallest absolute Gasteiger partial charge is 0.222 e. The Labute approximate surface area is 171 Å². The van der Waals surface area contributed by atoms with Crippen LogP contribution in [0.5, 0.6) is 0 Å². The lowest BCUT2D eigenvalue weighted by Crippen LogP contribution is -2.14. The maximum absolute atomic E-state index is 13.1. The molecule has 3 aromatic carbocycles. The van der Waals surface area contributed by atoms with E-state index >= 15 is 0 Å². The highest BCUT2D eigenvalue weighted by Gasteiger charge is 2.22. The molecule has 0 aliphatic heterocycles. The van der Waals surface area contributed by atoms with Crippen molar-refractivity contribution in [2.24, 2.45) is 0 Å². The van der Waals surface area contributed by atoms with Crippen molar-refractivity contribution >= 4 is 26.0 Å². The Morgan fingerprint density at radius 2 is 1.57 bits per heavy atom. The van der Waals surface area contributed by atoms with Gasteiger partial charge in [0.1, 0.15) is 12.7 Å². The third-order valence-corrected chi connectivity index (χ3v) is 6.55. The predicted molar refractivity (Wildman–Crippen MR) is 112 cm³/mol. The molecule has 7 heteroatoms. The summed E-state index contributed by atoms with van der Waals surface area (Å²) < 4.78 is 28.0. The van der Waals surface area contributed by atoms with E-state index in [1.54, 1.807) is 12.1 Å². The van der Waals surface area contributed by atoms with Gasteiger partial charge >= 0.3 is 0 Å². The van der Waals surface area contributed by atoms with Gasteiger partial charge < -0.3 is 0 Å². The Morgan fingerprint density at radius 1 is 0.893 bits per heavy atom. The molecule has 0 unspecified atom stereocenters. The maximum Gasteiger partial charge on any atom is 0.284 e. The van der Waals surface area contributed by atoms with Crippen molar-refractivity contribution in [3.8, 4) is 22.3 Å². The topological polar surface area (TPSA) is 64.8 Å². The van der Waals surface area contributed by atoms with Crippen LogP contribution in [-0.4, -0.2) is 22.6 Å². The van der Waals surface area contributed by atoms with Crippen molar-refractivity contribution in [1.29, 1.82) is 0 Å². The molecule has 0 aliphatic carbocycles. The molecule has 5 nitrogen and oxygen atoms in total. The molecule has 0 bridgehead atoms. The highest BCUT2D eigenvalue weighted by Crippen LogP contribution is 2.36.